The quantitative estimate of drug-likeness (QED) is 0.864. The van der Waals surface area contributed by atoms with Crippen molar-refractivity contribution in [2.45, 2.75) is 6.42 Å². The Morgan fingerprint density at radius 1 is 1.24 bits per heavy atom. The third-order valence-corrected chi connectivity index (χ3v) is 3.01. The number of benzene rings is 1. The summed E-state index contributed by atoms with van der Waals surface area (Å²) in [6.45, 7) is 0.612. The lowest BCUT2D eigenvalue weighted by Gasteiger charge is -2.08. The molecule has 17 heavy (non-hydrogen) atoms. The number of para-hydroxylation sites is 1. The Bertz CT molecular complexity index is 453. The van der Waals surface area contributed by atoms with E-state index in [2.05, 4.69) is 5.32 Å². The normalized spacial score (nSPS) is 14.2. The van der Waals surface area contributed by atoms with Crippen LogP contribution in [0.2, 0.25) is 5.02 Å². The second-order valence-electron chi connectivity index (χ2n) is 3.92. The fourth-order valence-electron chi connectivity index (χ4n) is 1.74. The Morgan fingerprint density at radius 2 is 1.94 bits per heavy atom. The Hall–Kier alpha value is -1.54. The first-order valence-electron chi connectivity index (χ1n) is 5.63. The molecule has 0 aromatic heterocycles. The molecule has 0 saturated carbocycles. The molecule has 2 nitrogen and oxygen atoms in total. The summed E-state index contributed by atoms with van der Waals surface area (Å²) < 4.78 is 0. The van der Waals surface area contributed by atoms with Crippen molar-refractivity contribution in [1.82, 2.24) is 0 Å². The van der Waals surface area contributed by atoms with Crippen LogP contribution in [-0.4, -0.2) is 12.3 Å². The molecular formula is C14H14ClNO. The lowest BCUT2D eigenvalue weighted by Crippen LogP contribution is -2.14. The molecule has 88 valence electrons. The minimum atomic E-state index is -0.0388. The van der Waals surface area contributed by atoms with Gasteiger partial charge in [0.25, 0.3) is 0 Å². The minimum absolute atomic E-state index is 0.0388. The topological polar surface area (TPSA) is 29.1 Å². The first-order chi connectivity index (χ1) is 8.27. The molecule has 0 aliphatic heterocycles. The van der Waals surface area contributed by atoms with E-state index in [9.17, 15) is 4.79 Å². The van der Waals surface area contributed by atoms with E-state index in [4.69, 9.17) is 11.6 Å². The van der Waals surface area contributed by atoms with Crippen LogP contribution in [0.4, 0.5) is 5.69 Å². The smallest absolute Gasteiger partial charge is 0.145 e. The molecule has 1 aromatic rings. The number of nitrogens with one attached hydrogen (secondary N) is 1. The van der Waals surface area contributed by atoms with Crippen molar-refractivity contribution in [3.05, 3.63) is 53.6 Å². The average molecular weight is 248 g/mol. The van der Waals surface area contributed by atoms with Gasteiger partial charge in [0.1, 0.15) is 5.78 Å². The monoisotopic (exact) mass is 247 g/mol. The van der Waals surface area contributed by atoms with Gasteiger partial charge in [0.2, 0.25) is 0 Å². The SMILES string of the molecule is O=C(CCNc1ccccc1Cl)C1C=CC=C1. The number of hydrogen-bond acceptors (Lipinski definition) is 2. The van der Waals surface area contributed by atoms with Gasteiger partial charge >= 0.3 is 0 Å². The van der Waals surface area contributed by atoms with Crippen molar-refractivity contribution < 1.29 is 4.79 Å². The van der Waals surface area contributed by atoms with Crippen molar-refractivity contribution in [3.63, 3.8) is 0 Å². The van der Waals surface area contributed by atoms with Gasteiger partial charge in [-0.1, -0.05) is 48.0 Å². The Balaban J connectivity index is 1.80. The van der Waals surface area contributed by atoms with E-state index in [0.717, 1.165) is 5.69 Å². The highest BCUT2D eigenvalue weighted by Gasteiger charge is 2.13. The van der Waals surface area contributed by atoms with Crippen LogP contribution in [0.3, 0.4) is 0 Å². The minimum Gasteiger partial charge on any atom is -0.383 e. The third-order valence-electron chi connectivity index (χ3n) is 2.68. The molecule has 0 spiro atoms. The molecule has 0 fully saturated rings. The zero-order valence-corrected chi connectivity index (χ0v) is 10.2. The van der Waals surface area contributed by atoms with Crippen LogP contribution >= 0.6 is 11.6 Å². The van der Waals surface area contributed by atoms with Crippen LogP contribution < -0.4 is 5.32 Å². The number of hydrogen-bond donors (Lipinski definition) is 1. The fourth-order valence-corrected chi connectivity index (χ4v) is 1.94. The van der Waals surface area contributed by atoms with Gasteiger partial charge in [0.05, 0.1) is 16.6 Å². The highest BCUT2D eigenvalue weighted by molar-refractivity contribution is 6.33. The maximum atomic E-state index is 11.7. The highest BCUT2D eigenvalue weighted by atomic mass is 35.5. The third kappa shape index (κ3) is 3.21. The molecule has 0 bridgehead atoms. The second-order valence-corrected chi connectivity index (χ2v) is 4.33. The molecule has 0 saturated heterocycles. The Labute approximate surface area is 106 Å². The van der Waals surface area contributed by atoms with Crippen molar-refractivity contribution in [3.8, 4) is 0 Å². The number of rotatable bonds is 5. The largest absolute Gasteiger partial charge is 0.383 e. The maximum absolute atomic E-state index is 11.7. The van der Waals surface area contributed by atoms with Crippen molar-refractivity contribution in [2.75, 3.05) is 11.9 Å². The zero-order valence-electron chi connectivity index (χ0n) is 9.40. The first-order valence-corrected chi connectivity index (χ1v) is 6.01. The molecule has 3 heteroatoms. The molecule has 0 amide bonds. The summed E-state index contributed by atoms with van der Waals surface area (Å²) in [4.78, 5) is 11.7. The molecule has 0 atom stereocenters. The number of carbonyl (C=O) groups excluding carboxylic acids is 1. The van der Waals surface area contributed by atoms with Crippen LogP contribution in [0, 0.1) is 5.92 Å². The second kappa shape index (κ2) is 5.69. The summed E-state index contributed by atoms with van der Waals surface area (Å²) in [6, 6.07) is 7.53. The van der Waals surface area contributed by atoms with Gasteiger partial charge in [-0.15, -0.1) is 0 Å². The average Bonchev–Trinajstić information content (AvgIpc) is 2.85. The number of carbonyl (C=O) groups is 1. The van der Waals surface area contributed by atoms with Gasteiger partial charge in [-0.2, -0.15) is 0 Å². The number of Topliss-reactive ketones (excluding diaryl/α,β-unsaturated/α-hetero) is 1. The summed E-state index contributed by atoms with van der Waals surface area (Å²) in [7, 11) is 0. The van der Waals surface area contributed by atoms with Gasteiger partial charge in [-0.3, -0.25) is 4.79 Å². The molecule has 0 radical (unpaired) electrons. The standard InChI is InChI=1S/C14H14ClNO/c15-12-7-3-4-8-13(12)16-10-9-14(17)11-5-1-2-6-11/h1-8,11,16H,9-10H2. The van der Waals surface area contributed by atoms with E-state index in [1.54, 1.807) is 0 Å². The van der Waals surface area contributed by atoms with Gasteiger partial charge in [-0.25, -0.2) is 0 Å². The van der Waals surface area contributed by atoms with Crippen molar-refractivity contribution in [2.24, 2.45) is 5.92 Å². The molecule has 1 aromatic carbocycles. The molecule has 0 heterocycles. The van der Waals surface area contributed by atoms with Crippen LogP contribution in [0.25, 0.3) is 0 Å². The van der Waals surface area contributed by atoms with Crippen LogP contribution in [0.1, 0.15) is 6.42 Å². The lowest BCUT2D eigenvalue weighted by atomic mass is 10.0. The van der Waals surface area contributed by atoms with Gasteiger partial charge in [-0.05, 0) is 12.1 Å². The summed E-state index contributed by atoms with van der Waals surface area (Å²) in [5, 5.41) is 3.85. The summed E-state index contributed by atoms with van der Waals surface area (Å²) in [5.74, 6) is 0.192. The van der Waals surface area contributed by atoms with E-state index in [0.29, 0.717) is 18.0 Å². The van der Waals surface area contributed by atoms with E-state index in [1.165, 1.54) is 0 Å². The van der Waals surface area contributed by atoms with Crippen LogP contribution in [0.15, 0.2) is 48.6 Å². The Morgan fingerprint density at radius 3 is 2.65 bits per heavy atom. The number of anilines is 1. The summed E-state index contributed by atoms with van der Waals surface area (Å²) in [6.07, 6.45) is 8.15. The van der Waals surface area contributed by atoms with E-state index < -0.39 is 0 Å². The molecule has 1 aliphatic rings. The predicted molar refractivity (Wildman–Crippen MR) is 71.3 cm³/mol. The van der Waals surface area contributed by atoms with Crippen LogP contribution in [-0.2, 0) is 4.79 Å². The van der Waals surface area contributed by atoms with Gasteiger partial charge in [0, 0.05) is 13.0 Å². The Kier molecular flexibility index (Phi) is 3.99. The highest BCUT2D eigenvalue weighted by Crippen LogP contribution is 2.20. The zero-order chi connectivity index (χ0) is 12.1. The van der Waals surface area contributed by atoms with Crippen molar-refractivity contribution in [1.29, 1.82) is 0 Å². The summed E-state index contributed by atoms with van der Waals surface area (Å²) in [5.41, 5.74) is 0.875. The van der Waals surface area contributed by atoms with Gasteiger partial charge < -0.3 is 5.32 Å². The lowest BCUT2D eigenvalue weighted by molar-refractivity contribution is -0.120. The number of ketones is 1. The summed E-state index contributed by atoms with van der Waals surface area (Å²) >= 11 is 6.00. The van der Waals surface area contributed by atoms with E-state index in [1.807, 2.05) is 48.6 Å². The molecule has 1 aliphatic carbocycles. The predicted octanol–water partition coefficient (Wildman–Crippen LogP) is 3.45. The molecule has 1 N–H and O–H groups in total. The molecule has 2 rings (SSSR count). The first kappa shape index (κ1) is 11.9. The molecular weight excluding hydrogens is 234 g/mol. The van der Waals surface area contributed by atoms with Crippen molar-refractivity contribution >= 4 is 23.1 Å². The van der Waals surface area contributed by atoms with E-state index in [-0.39, 0.29) is 11.7 Å². The number of allylic oxidation sites excluding steroid dienone is 4. The van der Waals surface area contributed by atoms with Crippen LogP contribution in [0.5, 0.6) is 0 Å². The fraction of sp³-hybridized carbons (Fsp3) is 0.214. The van der Waals surface area contributed by atoms with Gasteiger partial charge in [0.15, 0.2) is 0 Å². The molecule has 0 unspecified atom stereocenters. The maximum Gasteiger partial charge on any atom is 0.145 e. The number of halogens is 1. The van der Waals surface area contributed by atoms with E-state index >= 15 is 0 Å².